The van der Waals surface area contributed by atoms with Crippen LogP contribution < -0.4 is 9.64 Å². The van der Waals surface area contributed by atoms with Gasteiger partial charge in [-0.05, 0) is 68.2 Å². The van der Waals surface area contributed by atoms with Crippen molar-refractivity contribution in [2.24, 2.45) is 11.8 Å². The Hall–Kier alpha value is -3.15. The van der Waals surface area contributed by atoms with Crippen molar-refractivity contribution in [3.05, 3.63) is 59.7 Å². The minimum Gasteiger partial charge on any atom is -0.489 e. The molecule has 0 N–H and O–H groups in total. The second-order valence-electron chi connectivity index (χ2n) is 9.88. The van der Waals surface area contributed by atoms with E-state index >= 15 is 0 Å². The Labute approximate surface area is 207 Å². The monoisotopic (exact) mass is 477 g/mol. The van der Waals surface area contributed by atoms with E-state index in [2.05, 4.69) is 6.92 Å². The van der Waals surface area contributed by atoms with Crippen LogP contribution in [0.3, 0.4) is 0 Å². The number of ether oxygens (including phenoxy) is 2. The summed E-state index contributed by atoms with van der Waals surface area (Å²) >= 11 is 0. The molecular weight excluding hydrogens is 442 g/mol. The van der Waals surface area contributed by atoms with E-state index in [-0.39, 0.29) is 23.7 Å². The molecule has 6 heteroatoms. The lowest BCUT2D eigenvalue weighted by molar-refractivity contribution is -0.125. The van der Waals surface area contributed by atoms with Crippen molar-refractivity contribution >= 4 is 23.3 Å². The molecule has 0 unspecified atom stereocenters. The highest BCUT2D eigenvalue weighted by molar-refractivity contribution is 6.04. The lowest BCUT2D eigenvalue weighted by atomic mass is 9.81. The number of carbonyl (C=O) groups excluding carboxylic acids is 3. The Morgan fingerprint density at radius 1 is 0.943 bits per heavy atom. The lowest BCUT2D eigenvalue weighted by Crippen LogP contribution is -2.47. The van der Waals surface area contributed by atoms with Crippen molar-refractivity contribution < 1.29 is 23.9 Å². The fourth-order valence-corrected chi connectivity index (χ4v) is 5.21. The Morgan fingerprint density at radius 3 is 2.29 bits per heavy atom. The van der Waals surface area contributed by atoms with Crippen LogP contribution in [0.2, 0.25) is 0 Å². The molecule has 2 saturated carbocycles. The average molecular weight is 478 g/mol. The first-order valence-corrected chi connectivity index (χ1v) is 12.7. The molecule has 35 heavy (non-hydrogen) atoms. The van der Waals surface area contributed by atoms with Gasteiger partial charge in [0.05, 0.1) is 18.4 Å². The summed E-state index contributed by atoms with van der Waals surface area (Å²) in [6, 6.07) is 15.0. The van der Waals surface area contributed by atoms with Crippen molar-refractivity contribution in [2.75, 3.05) is 12.0 Å². The van der Waals surface area contributed by atoms with Gasteiger partial charge in [0.2, 0.25) is 5.91 Å². The molecular formula is C29H35NO5. The first-order chi connectivity index (χ1) is 17.0. The zero-order valence-corrected chi connectivity index (χ0v) is 20.7. The van der Waals surface area contributed by atoms with E-state index in [1.807, 2.05) is 36.4 Å². The number of rotatable bonds is 7. The molecule has 0 heterocycles. The number of hydrogen-bond donors (Lipinski definition) is 0. The number of ketones is 1. The van der Waals surface area contributed by atoms with Gasteiger partial charge in [-0.15, -0.1) is 0 Å². The summed E-state index contributed by atoms with van der Waals surface area (Å²) in [5, 5.41) is 0. The van der Waals surface area contributed by atoms with Crippen molar-refractivity contribution in [3.8, 4) is 5.75 Å². The molecule has 0 atom stereocenters. The van der Waals surface area contributed by atoms with E-state index in [1.165, 1.54) is 7.11 Å². The lowest BCUT2D eigenvalue weighted by Gasteiger charge is -2.38. The summed E-state index contributed by atoms with van der Waals surface area (Å²) in [6.07, 6.45) is 5.92. The maximum absolute atomic E-state index is 13.9. The van der Waals surface area contributed by atoms with E-state index in [9.17, 15) is 14.4 Å². The number of benzene rings is 2. The average Bonchev–Trinajstić information content (AvgIpc) is 2.89. The summed E-state index contributed by atoms with van der Waals surface area (Å²) in [7, 11) is 1.34. The zero-order chi connectivity index (χ0) is 24.8. The van der Waals surface area contributed by atoms with E-state index < -0.39 is 5.97 Å². The van der Waals surface area contributed by atoms with Crippen LogP contribution in [0.25, 0.3) is 0 Å². The molecule has 2 aliphatic carbocycles. The third-order valence-corrected chi connectivity index (χ3v) is 7.36. The minimum absolute atomic E-state index is 0.0550. The van der Waals surface area contributed by atoms with Gasteiger partial charge in [-0.25, -0.2) is 4.79 Å². The maximum atomic E-state index is 13.9. The number of amides is 1. The van der Waals surface area contributed by atoms with Crippen LogP contribution in [-0.2, 0) is 20.9 Å². The van der Waals surface area contributed by atoms with Gasteiger partial charge >= 0.3 is 5.97 Å². The molecule has 6 nitrogen and oxygen atoms in total. The molecule has 2 aliphatic rings. The number of nitrogens with zero attached hydrogens (tertiary/aromatic N) is 1. The van der Waals surface area contributed by atoms with Gasteiger partial charge in [0.1, 0.15) is 18.1 Å². The fourth-order valence-electron chi connectivity index (χ4n) is 5.21. The quantitative estimate of drug-likeness (QED) is 0.477. The summed E-state index contributed by atoms with van der Waals surface area (Å²) < 4.78 is 11.1. The van der Waals surface area contributed by atoms with Crippen LogP contribution in [0, 0.1) is 11.8 Å². The highest BCUT2D eigenvalue weighted by atomic mass is 16.5. The number of anilines is 1. The summed E-state index contributed by atoms with van der Waals surface area (Å²) in [5.41, 5.74) is 1.88. The molecule has 0 bridgehead atoms. The van der Waals surface area contributed by atoms with Crippen LogP contribution in [0.15, 0.2) is 48.5 Å². The molecule has 1 amide bonds. The Kier molecular flexibility index (Phi) is 8.21. The summed E-state index contributed by atoms with van der Waals surface area (Å²) in [6.45, 7) is 2.60. The predicted molar refractivity (Wildman–Crippen MR) is 134 cm³/mol. The first kappa shape index (κ1) is 25.0. The molecule has 0 aromatic heterocycles. The standard InChI is InChI=1S/C29H35NO5/c1-20-8-10-22(11-9-20)28(32)30(23-12-14-24(31)15-13-23)27-17-16-25(18-26(27)29(33)34-2)35-19-21-6-4-3-5-7-21/h3-7,16-18,20,22-23H,8-15,19H2,1-2H3/t20-,22-. The number of carbonyl (C=O) groups is 3. The van der Waals surface area contributed by atoms with Crippen molar-refractivity contribution in [1.82, 2.24) is 0 Å². The third kappa shape index (κ3) is 6.11. The van der Waals surface area contributed by atoms with Gasteiger partial charge in [0, 0.05) is 24.8 Å². The number of methoxy groups -OCH3 is 1. The summed E-state index contributed by atoms with van der Waals surface area (Å²) in [5.74, 6) is 0.884. The SMILES string of the molecule is COC(=O)c1cc(OCc2ccccc2)ccc1N(C(=O)[C@H]1CC[C@H](C)CC1)C1CCC(=O)CC1. The highest BCUT2D eigenvalue weighted by Gasteiger charge is 2.36. The zero-order valence-electron chi connectivity index (χ0n) is 20.7. The molecule has 0 radical (unpaired) electrons. The van der Waals surface area contributed by atoms with Crippen LogP contribution >= 0.6 is 0 Å². The highest BCUT2D eigenvalue weighted by Crippen LogP contribution is 2.36. The minimum atomic E-state index is -0.507. The van der Waals surface area contributed by atoms with Gasteiger partial charge in [0.15, 0.2) is 0 Å². The largest absolute Gasteiger partial charge is 0.489 e. The van der Waals surface area contributed by atoms with E-state index in [0.29, 0.717) is 55.2 Å². The topological polar surface area (TPSA) is 72.9 Å². The maximum Gasteiger partial charge on any atom is 0.340 e. The fraction of sp³-hybridized carbons (Fsp3) is 0.483. The summed E-state index contributed by atoms with van der Waals surface area (Å²) in [4.78, 5) is 40.5. The van der Waals surface area contributed by atoms with E-state index in [0.717, 1.165) is 31.2 Å². The second kappa shape index (κ2) is 11.5. The molecule has 2 aromatic carbocycles. The van der Waals surface area contributed by atoms with Gasteiger partial charge in [-0.1, -0.05) is 37.3 Å². The van der Waals surface area contributed by atoms with Gasteiger partial charge in [-0.2, -0.15) is 0 Å². The Bertz CT molecular complexity index is 1030. The first-order valence-electron chi connectivity index (χ1n) is 12.7. The second-order valence-corrected chi connectivity index (χ2v) is 9.88. The van der Waals surface area contributed by atoms with Crippen LogP contribution in [0.4, 0.5) is 5.69 Å². The van der Waals surface area contributed by atoms with E-state index in [1.54, 1.807) is 17.0 Å². The Balaban J connectivity index is 1.65. The smallest absolute Gasteiger partial charge is 0.340 e. The molecule has 0 saturated heterocycles. The molecule has 0 aliphatic heterocycles. The van der Waals surface area contributed by atoms with Crippen LogP contribution in [0.5, 0.6) is 5.75 Å². The number of hydrogen-bond acceptors (Lipinski definition) is 5. The number of Topliss-reactive ketones (excluding diaryl/α,β-unsaturated/α-hetero) is 1. The normalized spacial score (nSPS) is 20.8. The van der Waals surface area contributed by atoms with Crippen LogP contribution in [0.1, 0.15) is 74.2 Å². The van der Waals surface area contributed by atoms with Crippen LogP contribution in [-0.4, -0.2) is 30.8 Å². The molecule has 186 valence electrons. The third-order valence-electron chi connectivity index (χ3n) is 7.36. The molecule has 2 fully saturated rings. The number of esters is 1. The predicted octanol–water partition coefficient (Wildman–Crippen LogP) is 5.72. The van der Waals surface area contributed by atoms with Gasteiger partial charge in [0.25, 0.3) is 0 Å². The van der Waals surface area contributed by atoms with E-state index in [4.69, 9.17) is 9.47 Å². The molecule has 2 aromatic rings. The molecule has 0 spiro atoms. The van der Waals surface area contributed by atoms with Gasteiger partial charge < -0.3 is 14.4 Å². The molecule has 4 rings (SSSR count). The van der Waals surface area contributed by atoms with Crippen molar-refractivity contribution in [2.45, 2.75) is 70.9 Å². The Morgan fingerprint density at radius 2 is 1.63 bits per heavy atom. The van der Waals surface area contributed by atoms with Crippen molar-refractivity contribution in [3.63, 3.8) is 0 Å². The van der Waals surface area contributed by atoms with Crippen molar-refractivity contribution in [1.29, 1.82) is 0 Å². The van der Waals surface area contributed by atoms with Gasteiger partial charge in [-0.3, -0.25) is 9.59 Å².